The molecule has 1 aliphatic carbocycles. The van der Waals surface area contributed by atoms with Crippen LogP contribution in [0.5, 0.6) is 5.75 Å². The van der Waals surface area contributed by atoms with Crippen LogP contribution in [0.4, 0.5) is 0 Å². The average Bonchev–Trinajstić information content (AvgIpc) is 2.73. The quantitative estimate of drug-likeness (QED) is 0.640. The van der Waals surface area contributed by atoms with E-state index in [0.29, 0.717) is 17.9 Å². The molecule has 1 saturated carbocycles. The standard InChI is InChI=1S/C24H31NO4/c1-15-12-21(24(26)27)17(3)16(2)20(15)13-19-10-11-22(29-14-28-4)23(25-19)18-8-6-5-7-9-18/h10-12,18H,5-9,13-14H2,1-4H3,(H,26,27). The number of nitrogens with zero attached hydrogens (tertiary/aromatic N) is 1. The van der Waals surface area contributed by atoms with E-state index in [2.05, 4.69) is 0 Å². The number of carboxylic acid groups (broad SMARTS) is 1. The molecule has 1 N–H and O–H groups in total. The number of pyridine rings is 1. The number of hydrogen-bond donors (Lipinski definition) is 1. The third-order valence-corrected chi connectivity index (χ3v) is 6.11. The molecule has 5 nitrogen and oxygen atoms in total. The summed E-state index contributed by atoms with van der Waals surface area (Å²) in [5.41, 5.74) is 6.40. The van der Waals surface area contributed by atoms with E-state index in [0.717, 1.165) is 52.2 Å². The number of aromatic carboxylic acids is 1. The summed E-state index contributed by atoms with van der Waals surface area (Å²) in [6, 6.07) is 5.79. The van der Waals surface area contributed by atoms with Crippen LogP contribution in [-0.2, 0) is 11.2 Å². The van der Waals surface area contributed by atoms with Gasteiger partial charge >= 0.3 is 5.97 Å². The summed E-state index contributed by atoms with van der Waals surface area (Å²) in [5, 5.41) is 9.44. The summed E-state index contributed by atoms with van der Waals surface area (Å²) in [6.07, 6.45) is 6.72. The zero-order chi connectivity index (χ0) is 21.0. The molecule has 0 aliphatic heterocycles. The highest BCUT2D eigenvalue weighted by Gasteiger charge is 2.22. The van der Waals surface area contributed by atoms with Crippen molar-refractivity contribution in [1.29, 1.82) is 0 Å². The van der Waals surface area contributed by atoms with Gasteiger partial charge < -0.3 is 14.6 Å². The molecule has 0 saturated heterocycles. The molecule has 0 radical (unpaired) electrons. The molecule has 5 heteroatoms. The molecule has 0 unspecified atom stereocenters. The van der Waals surface area contributed by atoms with Crippen molar-refractivity contribution in [3.8, 4) is 5.75 Å². The van der Waals surface area contributed by atoms with E-state index in [1.165, 1.54) is 19.3 Å². The van der Waals surface area contributed by atoms with Gasteiger partial charge in [0, 0.05) is 25.1 Å². The van der Waals surface area contributed by atoms with Gasteiger partial charge in [0.25, 0.3) is 0 Å². The van der Waals surface area contributed by atoms with E-state index in [1.54, 1.807) is 13.2 Å². The van der Waals surface area contributed by atoms with Crippen molar-refractivity contribution in [3.05, 3.63) is 57.4 Å². The molecule has 0 bridgehead atoms. The zero-order valence-corrected chi connectivity index (χ0v) is 17.9. The van der Waals surface area contributed by atoms with Crippen LogP contribution in [-0.4, -0.2) is 30.0 Å². The van der Waals surface area contributed by atoms with E-state index < -0.39 is 5.97 Å². The van der Waals surface area contributed by atoms with Crippen molar-refractivity contribution in [2.24, 2.45) is 0 Å². The molecular weight excluding hydrogens is 366 g/mol. The van der Waals surface area contributed by atoms with E-state index in [-0.39, 0.29) is 6.79 Å². The van der Waals surface area contributed by atoms with Crippen molar-refractivity contribution in [1.82, 2.24) is 4.98 Å². The third kappa shape index (κ3) is 4.78. The number of hydrogen-bond acceptors (Lipinski definition) is 4. The maximum atomic E-state index is 11.5. The first-order valence-electron chi connectivity index (χ1n) is 10.4. The summed E-state index contributed by atoms with van der Waals surface area (Å²) in [4.78, 5) is 16.5. The highest BCUT2D eigenvalue weighted by molar-refractivity contribution is 5.90. The fourth-order valence-electron chi connectivity index (χ4n) is 4.33. The van der Waals surface area contributed by atoms with Crippen LogP contribution in [0.3, 0.4) is 0 Å². The Balaban J connectivity index is 1.95. The number of carbonyl (C=O) groups is 1. The molecule has 1 aliphatic rings. The third-order valence-electron chi connectivity index (χ3n) is 6.11. The Kier molecular flexibility index (Phi) is 6.91. The normalized spacial score (nSPS) is 14.8. The van der Waals surface area contributed by atoms with Crippen molar-refractivity contribution < 1.29 is 19.4 Å². The van der Waals surface area contributed by atoms with Gasteiger partial charge in [0.1, 0.15) is 5.75 Å². The highest BCUT2D eigenvalue weighted by atomic mass is 16.7. The maximum absolute atomic E-state index is 11.5. The minimum atomic E-state index is -0.877. The predicted molar refractivity (Wildman–Crippen MR) is 113 cm³/mol. The number of rotatable bonds is 7. The van der Waals surface area contributed by atoms with Gasteiger partial charge in [0.05, 0.1) is 11.3 Å². The number of benzene rings is 1. The Hall–Kier alpha value is -2.40. The number of carboxylic acids is 1. The number of methoxy groups -OCH3 is 1. The van der Waals surface area contributed by atoms with E-state index in [9.17, 15) is 9.90 Å². The van der Waals surface area contributed by atoms with Gasteiger partial charge in [-0.1, -0.05) is 19.3 Å². The van der Waals surface area contributed by atoms with Crippen molar-refractivity contribution in [2.75, 3.05) is 13.9 Å². The SMILES string of the molecule is COCOc1ccc(Cc2c(C)cc(C(=O)O)c(C)c2C)nc1C1CCCCC1. The fraction of sp³-hybridized carbons (Fsp3) is 0.500. The first-order valence-corrected chi connectivity index (χ1v) is 10.4. The first-order chi connectivity index (χ1) is 13.9. The summed E-state index contributed by atoms with van der Waals surface area (Å²) >= 11 is 0. The molecule has 0 atom stereocenters. The molecule has 1 fully saturated rings. The van der Waals surface area contributed by atoms with E-state index in [4.69, 9.17) is 14.5 Å². The lowest BCUT2D eigenvalue weighted by Gasteiger charge is -2.24. The van der Waals surface area contributed by atoms with Crippen molar-refractivity contribution >= 4 is 5.97 Å². The highest BCUT2D eigenvalue weighted by Crippen LogP contribution is 2.37. The molecule has 156 valence electrons. The molecule has 1 heterocycles. The van der Waals surface area contributed by atoms with Gasteiger partial charge in [-0.3, -0.25) is 4.98 Å². The summed E-state index contributed by atoms with van der Waals surface area (Å²) in [6.45, 7) is 6.08. The second-order valence-corrected chi connectivity index (χ2v) is 8.02. The topological polar surface area (TPSA) is 68.7 Å². The Morgan fingerprint density at radius 2 is 1.86 bits per heavy atom. The van der Waals surface area contributed by atoms with Crippen LogP contribution in [0.2, 0.25) is 0 Å². The zero-order valence-electron chi connectivity index (χ0n) is 17.9. The van der Waals surface area contributed by atoms with Gasteiger partial charge in [-0.25, -0.2) is 4.79 Å². The van der Waals surface area contributed by atoms with Gasteiger partial charge in [0.2, 0.25) is 0 Å². The Labute approximate surface area is 173 Å². The molecule has 0 amide bonds. The molecule has 3 rings (SSSR count). The lowest BCUT2D eigenvalue weighted by molar-refractivity contribution is 0.0495. The second kappa shape index (κ2) is 9.40. The van der Waals surface area contributed by atoms with Gasteiger partial charge in [-0.05, 0) is 74.1 Å². The molecule has 1 aromatic heterocycles. The molecule has 0 spiro atoms. The van der Waals surface area contributed by atoms with Crippen LogP contribution in [0, 0.1) is 20.8 Å². The average molecular weight is 398 g/mol. The molecular formula is C24H31NO4. The number of ether oxygens (including phenoxy) is 2. The second-order valence-electron chi connectivity index (χ2n) is 8.02. The van der Waals surface area contributed by atoms with Crippen LogP contribution in [0.1, 0.15) is 82.0 Å². The minimum Gasteiger partial charge on any atom is -0.478 e. The van der Waals surface area contributed by atoms with Crippen molar-refractivity contribution in [2.45, 2.75) is 65.2 Å². The van der Waals surface area contributed by atoms with E-state index in [1.807, 2.05) is 32.9 Å². The smallest absolute Gasteiger partial charge is 0.335 e. The number of aryl methyl sites for hydroxylation is 1. The van der Waals surface area contributed by atoms with Crippen LogP contribution < -0.4 is 4.74 Å². The first kappa shape index (κ1) is 21.3. The Morgan fingerprint density at radius 3 is 2.52 bits per heavy atom. The van der Waals surface area contributed by atoms with Crippen LogP contribution in [0.25, 0.3) is 0 Å². The summed E-state index contributed by atoms with van der Waals surface area (Å²) in [7, 11) is 1.62. The lowest BCUT2D eigenvalue weighted by atomic mass is 9.86. The van der Waals surface area contributed by atoms with Gasteiger partial charge in [-0.2, -0.15) is 0 Å². The van der Waals surface area contributed by atoms with Crippen LogP contribution >= 0.6 is 0 Å². The fourth-order valence-corrected chi connectivity index (χ4v) is 4.33. The minimum absolute atomic E-state index is 0.217. The monoisotopic (exact) mass is 397 g/mol. The van der Waals surface area contributed by atoms with Gasteiger partial charge in [0.15, 0.2) is 6.79 Å². The maximum Gasteiger partial charge on any atom is 0.335 e. The lowest BCUT2D eigenvalue weighted by Crippen LogP contribution is -2.12. The number of aromatic nitrogens is 1. The van der Waals surface area contributed by atoms with E-state index >= 15 is 0 Å². The van der Waals surface area contributed by atoms with Gasteiger partial charge in [-0.15, -0.1) is 0 Å². The Morgan fingerprint density at radius 1 is 1.14 bits per heavy atom. The summed E-state index contributed by atoms with van der Waals surface area (Å²) in [5.74, 6) is 0.361. The largest absolute Gasteiger partial charge is 0.478 e. The van der Waals surface area contributed by atoms with Crippen LogP contribution in [0.15, 0.2) is 18.2 Å². The summed E-state index contributed by atoms with van der Waals surface area (Å²) < 4.78 is 10.9. The molecule has 2 aromatic rings. The molecule has 1 aromatic carbocycles. The Bertz CT molecular complexity index is 885. The predicted octanol–water partition coefficient (Wildman–Crippen LogP) is 5.33. The molecule has 29 heavy (non-hydrogen) atoms. The van der Waals surface area contributed by atoms with Crippen molar-refractivity contribution in [3.63, 3.8) is 0 Å².